The molecule has 2 aromatic heterocycles. The maximum absolute atomic E-state index is 14.6. The van der Waals surface area contributed by atoms with Crippen LogP contribution in [0.3, 0.4) is 0 Å². The van der Waals surface area contributed by atoms with Crippen molar-refractivity contribution in [1.29, 1.82) is 0 Å². The minimum Gasteiger partial charge on any atom is -0.414 e. The lowest BCUT2D eigenvalue weighted by Gasteiger charge is -2.51. The number of ether oxygens (including phenoxy) is 1. The molecule has 4 heterocycles. The van der Waals surface area contributed by atoms with Crippen LogP contribution < -0.4 is 5.32 Å². The average Bonchev–Trinajstić information content (AvgIpc) is 3.53. The number of hydrogen-bond acceptors (Lipinski definition) is 8. The summed E-state index contributed by atoms with van der Waals surface area (Å²) < 4.78 is 44.3. The molecule has 0 amide bonds. The topological polar surface area (TPSA) is 128 Å². The van der Waals surface area contributed by atoms with Crippen LogP contribution in [0.1, 0.15) is 80.1 Å². The first-order valence-electron chi connectivity index (χ1n) is 16.0. The van der Waals surface area contributed by atoms with Crippen LogP contribution in [0.25, 0.3) is 21.5 Å². The van der Waals surface area contributed by atoms with Gasteiger partial charge in [-0.05, 0) is 46.8 Å². The Kier molecular flexibility index (Phi) is 10.2. The van der Waals surface area contributed by atoms with Crippen LogP contribution in [0.15, 0.2) is 41.6 Å². The van der Waals surface area contributed by atoms with E-state index in [4.69, 9.17) is 29.3 Å². The lowest BCUT2D eigenvalue weighted by molar-refractivity contribution is -0.0577. The molecule has 11 nitrogen and oxygen atoms in total. The zero-order valence-corrected chi connectivity index (χ0v) is 30.7. The first-order chi connectivity index (χ1) is 21.8. The molecule has 0 spiro atoms. The molecule has 1 unspecified atom stereocenters. The van der Waals surface area contributed by atoms with E-state index in [-0.39, 0.29) is 45.8 Å². The molecule has 2 aliphatic rings. The van der Waals surface area contributed by atoms with Gasteiger partial charge in [0.05, 0.1) is 36.0 Å². The van der Waals surface area contributed by atoms with Crippen LogP contribution in [0.4, 0.5) is 10.1 Å². The van der Waals surface area contributed by atoms with Crippen LogP contribution in [0.2, 0.25) is 27.3 Å². The van der Waals surface area contributed by atoms with E-state index in [0.29, 0.717) is 22.3 Å². The van der Waals surface area contributed by atoms with E-state index < -0.39 is 41.6 Å². The van der Waals surface area contributed by atoms with Crippen molar-refractivity contribution < 1.29 is 22.1 Å². The lowest BCUT2D eigenvalue weighted by Crippen LogP contribution is -2.65. The molecule has 1 aromatic carbocycles. The van der Waals surface area contributed by atoms with Gasteiger partial charge in [-0.3, -0.25) is 0 Å². The van der Waals surface area contributed by atoms with Crippen molar-refractivity contribution in [1.82, 2.24) is 14.8 Å². The summed E-state index contributed by atoms with van der Waals surface area (Å²) in [7, 11) is -5.82. The molecule has 2 aliphatic heterocycles. The predicted octanol–water partition coefficient (Wildman–Crippen LogP) is 8.93. The van der Waals surface area contributed by atoms with Gasteiger partial charge in [-0.15, -0.1) is 0 Å². The Balaban J connectivity index is 1.57. The minimum atomic E-state index is -3.01. The molecule has 0 saturated carbocycles. The van der Waals surface area contributed by atoms with E-state index >= 15 is 0 Å². The van der Waals surface area contributed by atoms with Gasteiger partial charge in [-0.1, -0.05) is 90.3 Å². The van der Waals surface area contributed by atoms with Gasteiger partial charge in [0.1, 0.15) is 23.1 Å². The summed E-state index contributed by atoms with van der Waals surface area (Å²) >= 11 is 6.54. The van der Waals surface area contributed by atoms with Gasteiger partial charge >= 0.3 is 17.1 Å². The maximum atomic E-state index is 14.6. The molecule has 0 bridgehead atoms. The second kappa shape index (κ2) is 13.5. The standard InChI is InChI=1S/C31H45ClFN7O4Si2/c1-17(2)45(18(3)4)41-16-26-29(43-46(44-45,19(5)6)20(7)8)28(38-39-34)31(42-26)40-30-23(15-35-40)25(14-27(32)37-30)36-21(9)22-12-10-11-13-24(22)33/h10-15,17-21,26,28-29,31H,16H2,1-9H3,(H,36,37)/t21-,26+,28-,29?,31+/m0/s1. The van der Waals surface area contributed by atoms with Gasteiger partial charge in [-0.2, -0.15) is 5.10 Å². The normalized spacial score (nSPS) is 25.0. The van der Waals surface area contributed by atoms with Gasteiger partial charge in [-0.25, -0.2) is 14.1 Å². The van der Waals surface area contributed by atoms with E-state index in [9.17, 15) is 9.92 Å². The molecule has 5 rings (SSSR count). The summed E-state index contributed by atoms with van der Waals surface area (Å²) in [5.41, 5.74) is 11.8. The number of nitrogens with one attached hydrogen (secondary N) is 1. The zero-order chi connectivity index (χ0) is 33.6. The number of fused-ring (bicyclic) bond motifs is 2. The Labute approximate surface area is 277 Å². The summed E-state index contributed by atoms with van der Waals surface area (Å²) in [6, 6.07) is 7.13. The van der Waals surface area contributed by atoms with Gasteiger partial charge in [0, 0.05) is 10.5 Å². The Bertz CT molecular complexity index is 1590. The van der Waals surface area contributed by atoms with Crippen molar-refractivity contribution in [3.8, 4) is 0 Å². The lowest BCUT2D eigenvalue weighted by atomic mass is 10.1. The van der Waals surface area contributed by atoms with Crippen molar-refractivity contribution in [3.63, 3.8) is 0 Å². The number of nitrogens with zero attached hydrogens (tertiary/aromatic N) is 6. The maximum Gasteiger partial charge on any atom is 0.335 e. The smallest absolute Gasteiger partial charge is 0.335 e. The fourth-order valence-electron chi connectivity index (χ4n) is 6.95. The Hall–Kier alpha value is -2.56. The summed E-state index contributed by atoms with van der Waals surface area (Å²) in [5.74, 6) is -0.309. The Morgan fingerprint density at radius 3 is 2.30 bits per heavy atom. The van der Waals surface area contributed by atoms with Gasteiger partial charge in [0.2, 0.25) is 0 Å². The summed E-state index contributed by atoms with van der Waals surface area (Å²) in [6.07, 6.45) is -0.382. The van der Waals surface area contributed by atoms with E-state index in [1.807, 2.05) is 6.92 Å². The molecule has 3 aromatic rings. The number of halogens is 2. The summed E-state index contributed by atoms with van der Waals surface area (Å²) in [5, 5.41) is 13.1. The molecule has 2 saturated heterocycles. The number of pyridine rings is 1. The van der Waals surface area contributed by atoms with Crippen LogP contribution in [0.5, 0.6) is 0 Å². The number of hydrogen-bond donors (Lipinski definition) is 1. The second-order valence-electron chi connectivity index (χ2n) is 13.5. The predicted molar refractivity (Wildman–Crippen MR) is 182 cm³/mol. The first kappa shape index (κ1) is 34.8. The number of benzene rings is 1. The molecule has 0 radical (unpaired) electrons. The third-order valence-corrected chi connectivity index (χ3v) is 19.8. The van der Waals surface area contributed by atoms with Gasteiger partial charge < -0.3 is 23.0 Å². The molecule has 1 N–H and O–H groups in total. The van der Waals surface area contributed by atoms with E-state index in [2.05, 4.69) is 80.8 Å². The largest absolute Gasteiger partial charge is 0.414 e. The highest BCUT2D eigenvalue weighted by Gasteiger charge is 2.62. The van der Waals surface area contributed by atoms with E-state index in [1.165, 1.54) is 6.07 Å². The minimum absolute atomic E-state index is 0.0843. The van der Waals surface area contributed by atoms with Crippen molar-refractivity contribution in [3.05, 3.63) is 63.5 Å². The number of anilines is 1. The third-order valence-electron chi connectivity index (χ3n) is 9.35. The quantitative estimate of drug-likeness (QED) is 0.0781. The zero-order valence-electron chi connectivity index (χ0n) is 27.9. The molecule has 250 valence electrons. The fraction of sp³-hybridized carbons (Fsp3) is 0.613. The van der Waals surface area contributed by atoms with Crippen LogP contribution >= 0.6 is 11.6 Å². The molecule has 0 aliphatic carbocycles. The highest BCUT2D eigenvalue weighted by Crippen LogP contribution is 2.49. The fourth-order valence-corrected chi connectivity index (χ4v) is 18.4. The molecule has 5 atom stereocenters. The Morgan fingerprint density at radius 2 is 1.70 bits per heavy atom. The molecular formula is C31H45ClFN7O4Si2. The SMILES string of the molecule is CC(C)[Si]1(C(C)C)OC[C@H]2O[C@@H](n3ncc4c(N[C@@H](C)c5ccccc5F)cc(Cl)nc43)[C@@H](N=[N+]=[N-])C2O[Si](C(C)C)(C(C)C)O1. The number of aromatic nitrogens is 3. The van der Waals surface area contributed by atoms with Crippen LogP contribution in [-0.2, 0) is 17.7 Å². The molecule has 15 heteroatoms. The summed E-state index contributed by atoms with van der Waals surface area (Å²) in [4.78, 5) is 7.81. The highest BCUT2D eigenvalue weighted by atomic mass is 35.5. The van der Waals surface area contributed by atoms with Crippen LogP contribution in [0, 0.1) is 5.82 Å². The highest BCUT2D eigenvalue weighted by molar-refractivity contribution is 6.84. The monoisotopic (exact) mass is 689 g/mol. The van der Waals surface area contributed by atoms with E-state index in [0.717, 1.165) is 0 Å². The van der Waals surface area contributed by atoms with Crippen molar-refractivity contribution in [2.75, 3.05) is 11.9 Å². The first-order valence-corrected chi connectivity index (χ1v) is 20.3. The molecule has 2 fully saturated rings. The molecular weight excluding hydrogens is 645 g/mol. The molecule has 46 heavy (non-hydrogen) atoms. The number of azide groups is 1. The van der Waals surface area contributed by atoms with Crippen molar-refractivity contribution in [2.45, 2.75) is 115 Å². The van der Waals surface area contributed by atoms with Gasteiger partial charge in [0.15, 0.2) is 11.9 Å². The second-order valence-corrected chi connectivity index (χ2v) is 22.8. The number of rotatable bonds is 9. The van der Waals surface area contributed by atoms with Crippen LogP contribution in [-0.4, -0.2) is 56.7 Å². The van der Waals surface area contributed by atoms with E-state index in [1.54, 1.807) is 35.1 Å². The average molecular weight is 690 g/mol. The third kappa shape index (κ3) is 6.10. The van der Waals surface area contributed by atoms with Crippen molar-refractivity contribution >= 4 is 45.4 Å². The summed E-state index contributed by atoms with van der Waals surface area (Å²) in [6.45, 7) is 19.3. The Morgan fingerprint density at radius 1 is 1.04 bits per heavy atom. The van der Waals surface area contributed by atoms with Gasteiger partial charge in [0.25, 0.3) is 0 Å². The van der Waals surface area contributed by atoms with Crippen molar-refractivity contribution in [2.24, 2.45) is 5.11 Å².